The number of rotatable bonds is 6. The lowest BCUT2D eigenvalue weighted by molar-refractivity contribution is 0.0757. The minimum Gasteiger partial charge on any atom is -0.335 e. The van der Waals surface area contributed by atoms with E-state index in [0.29, 0.717) is 23.8 Å². The second-order valence-electron chi connectivity index (χ2n) is 3.97. The van der Waals surface area contributed by atoms with Crippen molar-refractivity contribution in [2.24, 2.45) is 5.73 Å². The second kappa shape index (κ2) is 7.47. The molecule has 1 atom stereocenters. The van der Waals surface area contributed by atoms with Crippen LogP contribution in [-0.4, -0.2) is 28.9 Å². The highest BCUT2D eigenvalue weighted by Gasteiger charge is 2.19. The molecular formula is C12H15N5OS. The summed E-state index contributed by atoms with van der Waals surface area (Å²) in [5.41, 5.74) is 6.03. The molecule has 100 valence electrons. The lowest BCUT2D eigenvalue weighted by atomic mass is 10.3. The van der Waals surface area contributed by atoms with Crippen LogP contribution in [0, 0.1) is 22.7 Å². The van der Waals surface area contributed by atoms with Crippen molar-refractivity contribution in [3.8, 4) is 12.1 Å². The van der Waals surface area contributed by atoms with Gasteiger partial charge in [-0.05, 0) is 6.92 Å². The van der Waals surface area contributed by atoms with Crippen LogP contribution >= 0.6 is 11.3 Å². The van der Waals surface area contributed by atoms with E-state index in [1.165, 1.54) is 16.2 Å². The molecule has 1 aromatic rings. The van der Waals surface area contributed by atoms with Crippen molar-refractivity contribution in [3.05, 3.63) is 16.1 Å². The number of nitriles is 2. The number of hydrogen-bond donors (Lipinski definition) is 1. The Balaban J connectivity index is 2.79. The lowest BCUT2D eigenvalue weighted by Crippen LogP contribution is -2.33. The first-order valence-electron chi connectivity index (χ1n) is 5.84. The maximum Gasteiger partial charge on any atom is 0.273 e. The normalized spacial score (nSPS) is 11.4. The largest absolute Gasteiger partial charge is 0.335 e. The van der Waals surface area contributed by atoms with E-state index in [1.54, 1.807) is 12.3 Å². The quantitative estimate of drug-likeness (QED) is 0.846. The Morgan fingerprint density at radius 3 is 2.47 bits per heavy atom. The zero-order valence-corrected chi connectivity index (χ0v) is 11.5. The minimum atomic E-state index is -0.256. The van der Waals surface area contributed by atoms with Crippen molar-refractivity contribution in [1.82, 2.24) is 9.88 Å². The summed E-state index contributed by atoms with van der Waals surface area (Å²) in [6.07, 6.45) is 0.475. The van der Waals surface area contributed by atoms with Crippen molar-refractivity contribution in [2.45, 2.75) is 25.8 Å². The molecule has 0 saturated heterocycles. The van der Waals surface area contributed by atoms with E-state index in [0.717, 1.165) is 0 Å². The molecule has 0 fully saturated rings. The molecule has 0 aromatic carbocycles. The van der Waals surface area contributed by atoms with Gasteiger partial charge in [-0.15, -0.1) is 11.3 Å². The smallest absolute Gasteiger partial charge is 0.273 e. The SMILES string of the molecule is CC(N)c1nc(C(=O)N(CCC#N)CCC#N)cs1. The summed E-state index contributed by atoms with van der Waals surface area (Å²) in [4.78, 5) is 17.9. The summed E-state index contributed by atoms with van der Waals surface area (Å²) >= 11 is 1.34. The Bertz CT molecular complexity index is 493. The van der Waals surface area contributed by atoms with E-state index in [2.05, 4.69) is 4.98 Å². The molecule has 0 aliphatic carbocycles. The van der Waals surface area contributed by atoms with E-state index >= 15 is 0 Å². The van der Waals surface area contributed by atoms with Gasteiger partial charge in [-0.25, -0.2) is 4.98 Å². The number of thiazole rings is 1. The predicted molar refractivity (Wildman–Crippen MR) is 71.1 cm³/mol. The van der Waals surface area contributed by atoms with Crippen molar-refractivity contribution in [2.75, 3.05) is 13.1 Å². The van der Waals surface area contributed by atoms with Crippen LogP contribution in [0.2, 0.25) is 0 Å². The third-order valence-electron chi connectivity index (χ3n) is 2.40. The number of carbonyl (C=O) groups is 1. The van der Waals surface area contributed by atoms with Gasteiger partial charge in [-0.3, -0.25) is 4.79 Å². The number of amides is 1. The van der Waals surface area contributed by atoms with Crippen LogP contribution < -0.4 is 5.73 Å². The average Bonchev–Trinajstić information content (AvgIpc) is 2.88. The summed E-state index contributed by atoms with van der Waals surface area (Å²) in [5, 5.41) is 19.5. The highest BCUT2D eigenvalue weighted by molar-refractivity contribution is 7.09. The van der Waals surface area contributed by atoms with Gasteiger partial charge in [0.1, 0.15) is 10.7 Å². The fourth-order valence-corrected chi connectivity index (χ4v) is 2.19. The third-order valence-corrected chi connectivity index (χ3v) is 3.45. The molecule has 1 heterocycles. The van der Waals surface area contributed by atoms with E-state index < -0.39 is 0 Å². The van der Waals surface area contributed by atoms with Crippen LogP contribution in [-0.2, 0) is 0 Å². The molecule has 0 spiro atoms. The molecule has 0 aliphatic heterocycles. The van der Waals surface area contributed by atoms with Crippen LogP contribution in [0.15, 0.2) is 5.38 Å². The molecule has 0 bridgehead atoms. The highest BCUT2D eigenvalue weighted by Crippen LogP contribution is 2.17. The number of hydrogen-bond acceptors (Lipinski definition) is 6. The Morgan fingerprint density at radius 1 is 1.47 bits per heavy atom. The first-order chi connectivity index (χ1) is 9.10. The highest BCUT2D eigenvalue weighted by atomic mass is 32.1. The molecule has 0 saturated carbocycles. The van der Waals surface area contributed by atoms with Gasteiger partial charge in [0.05, 0.1) is 31.0 Å². The first-order valence-corrected chi connectivity index (χ1v) is 6.72. The zero-order chi connectivity index (χ0) is 14.3. The molecule has 0 aliphatic rings. The van der Waals surface area contributed by atoms with Crippen LogP contribution in [0.1, 0.15) is 41.3 Å². The molecule has 1 aromatic heterocycles. The Kier molecular flexibility index (Phi) is 5.94. The maximum atomic E-state index is 12.2. The van der Waals surface area contributed by atoms with E-state index in [4.69, 9.17) is 16.3 Å². The summed E-state index contributed by atoms with van der Waals surface area (Å²) in [7, 11) is 0. The van der Waals surface area contributed by atoms with Gasteiger partial charge < -0.3 is 10.6 Å². The molecule has 1 rings (SSSR count). The molecule has 0 radical (unpaired) electrons. The molecular weight excluding hydrogens is 262 g/mol. The van der Waals surface area contributed by atoms with E-state index in [9.17, 15) is 4.79 Å². The van der Waals surface area contributed by atoms with Crippen molar-refractivity contribution in [1.29, 1.82) is 10.5 Å². The van der Waals surface area contributed by atoms with Crippen LogP contribution in [0.25, 0.3) is 0 Å². The van der Waals surface area contributed by atoms with Gasteiger partial charge in [0.25, 0.3) is 5.91 Å². The van der Waals surface area contributed by atoms with Gasteiger partial charge in [0.2, 0.25) is 0 Å². The fraction of sp³-hybridized carbons (Fsp3) is 0.500. The third kappa shape index (κ3) is 4.32. The Labute approximate surface area is 116 Å². The van der Waals surface area contributed by atoms with Gasteiger partial charge in [-0.1, -0.05) is 0 Å². The summed E-state index contributed by atoms with van der Waals surface area (Å²) in [6.45, 7) is 2.42. The molecule has 2 N–H and O–H groups in total. The predicted octanol–water partition coefficient (Wildman–Crippen LogP) is 1.43. The fourth-order valence-electron chi connectivity index (χ4n) is 1.44. The monoisotopic (exact) mass is 277 g/mol. The number of nitrogens with two attached hydrogens (primary N) is 1. The van der Waals surface area contributed by atoms with Crippen molar-refractivity contribution >= 4 is 17.2 Å². The van der Waals surface area contributed by atoms with Gasteiger partial charge >= 0.3 is 0 Å². The van der Waals surface area contributed by atoms with E-state index in [1.807, 2.05) is 12.1 Å². The summed E-state index contributed by atoms with van der Waals surface area (Å²) in [6, 6.07) is 3.77. The van der Waals surface area contributed by atoms with Gasteiger partial charge in [0, 0.05) is 18.5 Å². The molecule has 19 heavy (non-hydrogen) atoms. The summed E-state index contributed by atoms with van der Waals surface area (Å²) < 4.78 is 0. The maximum absolute atomic E-state index is 12.2. The van der Waals surface area contributed by atoms with Crippen LogP contribution in [0.5, 0.6) is 0 Å². The second-order valence-corrected chi connectivity index (χ2v) is 4.86. The standard InChI is InChI=1S/C12H15N5OS/c1-9(15)11-16-10(8-19-11)12(18)17(6-2-4-13)7-3-5-14/h8-9H,2-3,6-7,15H2,1H3. The average molecular weight is 277 g/mol. The van der Waals surface area contributed by atoms with Gasteiger partial charge in [-0.2, -0.15) is 10.5 Å². The Morgan fingerprint density at radius 2 is 2.05 bits per heavy atom. The van der Waals surface area contributed by atoms with Crippen LogP contribution in [0.3, 0.4) is 0 Å². The van der Waals surface area contributed by atoms with Crippen molar-refractivity contribution in [3.63, 3.8) is 0 Å². The number of carbonyl (C=O) groups excluding carboxylic acids is 1. The molecule has 1 amide bonds. The number of aromatic nitrogens is 1. The molecule has 6 nitrogen and oxygen atoms in total. The van der Waals surface area contributed by atoms with Gasteiger partial charge in [0.15, 0.2) is 0 Å². The lowest BCUT2D eigenvalue weighted by Gasteiger charge is -2.18. The molecule has 1 unspecified atom stereocenters. The van der Waals surface area contributed by atoms with Crippen LogP contribution in [0.4, 0.5) is 0 Å². The van der Waals surface area contributed by atoms with Crippen molar-refractivity contribution < 1.29 is 4.79 Å². The molecule has 7 heteroatoms. The Hall–Kier alpha value is -1.96. The summed E-state index contributed by atoms with van der Waals surface area (Å²) in [5.74, 6) is -0.256. The van der Waals surface area contributed by atoms with E-state index in [-0.39, 0.29) is 24.8 Å². The zero-order valence-electron chi connectivity index (χ0n) is 10.7. The topological polar surface area (TPSA) is 107 Å². The minimum absolute atomic E-state index is 0.210. The number of nitrogens with zero attached hydrogens (tertiary/aromatic N) is 4. The first kappa shape index (κ1) is 15.1.